The second-order valence-electron chi connectivity index (χ2n) is 8.97. The second-order valence-corrected chi connectivity index (χ2v) is 8.97. The van der Waals surface area contributed by atoms with E-state index >= 15 is 0 Å². The van der Waals surface area contributed by atoms with Crippen LogP contribution < -0.4 is 5.32 Å². The van der Waals surface area contributed by atoms with Crippen LogP contribution in [0.4, 0.5) is 0 Å². The lowest BCUT2D eigenvalue weighted by molar-refractivity contribution is -0.197. The van der Waals surface area contributed by atoms with Gasteiger partial charge in [0.15, 0.2) is 0 Å². The molecule has 5 nitrogen and oxygen atoms in total. The number of rotatable bonds is 5. The molecule has 1 saturated heterocycles. The van der Waals surface area contributed by atoms with Gasteiger partial charge in [-0.1, -0.05) is 38.5 Å². The van der Waals surface area contributed by atoms with E-state index in [-0.39, 0.29) is 29.6 Å². The van der Waals surface area contributed by atoms with E-state index in [1.54, 1.807) is 0 Å². The molecule has 25 heavy (non-hydrogen) atoms. The van der Waals surface area contributed by atoms with E-state index in [1.807, 2.05) is 4.90 Å². The van der Waals surface area contributed by atoms with Crippen molar-refractivity contribution < 1.29 is 14.3 Å². The molecule has 1 aliphatic heterocycles. The van der Waals surface area contributed by atoms with Crippen molar-refractivity contribution in [1.82, 2.24) is 10.2 Å². The summed E-state index contributed by atoms with van der Waals surface area (Å²) < 4.78 is 6.34. The average Bonchev–Trinajstić information content (AvgIpc) is 3.21. The highest BCUT2D eigenvalue weighted by atomic mass is 16.5. The number of hydrogen-bond acceptors (Lipinski definition) is 3. The van der Waals surface area contributed by atoms with E-state index in [0.29, 0.717) is 25.4 Å². The lowest BCUT2D eigenvalue weighted by atomic mass is 9.94. The predicted molar refractivity (Wildman–Crippen MR) is 97.1 cm³/mol. The summed E-state index contributed by atoms with van der Waals surface area (Å²) in [5.74, 6) is 0.754. The van der Waals surface area contributed by atoms with Crippen LogP contribution in [0, 0.1) is 5.92 Å². The maximum absolute atomic E-state index is 12.6. The summed E-state index contributed by atoms with van der Waals surface area (Å²) in [6, 6.07) is 0. The number of morpholine rings is 1. The Bertz CT molecular complexity index is 491. The van der Waals surface area contributed by atoms with Crippen molar-refractivity contribution >= 4 is 11.8 Å². The lowest BCUT2D eigenvalue weighted by Gasteiger charge is -2.48. The average molecular weight is 351 g/mol. The van der Waals surface area contributed by atoms with Gasteiger partial charge in [-0.05, 0) is 39.0 Å². The van der Waals surface area contributed by atoms with Crippen LogP contribution in [0.3, 0.4) is 0 Å². The molecule has 2 aliphatic carbocycles. The number of hydrogen-bond donors (Lipinski definition) is 1. The first-order valence-electron chi connectivity index (χ1n) is 10.1. The van der Waals surface area contributed by atoms with Crippen LogP contribution in [0.15, 0.2) is 0 Å². The Labute approximate surface area is 151 Å². The van der Waals surface area contributed by atoms with E-state index in [1.165, 1.54) is 38.5 Å². The van der Waals surface area contributed by atoms with Gasteiger partial charge in [0.05, 0.1) is 17.7 Å². The maximum atomic E-state index is 12.6. The normalized spacial score (nSPS) is 25.4. The van der Waals surface area contributed by atoms with Crippen LogP contribution in [0.25, 0.3) is 0 Å². The van der Waals surface area contributed by atoms with Crippen LogP contribution in [0.1, 0.15) is 78.1 Å². The molecule has 142 valence electrons. The van der Waals surface area contributed by atoms with E-state index in [2.05, 4.69) is 19.2 Å². The van der Waals surface area contributed by atoms with E-state index < -0.39 is 0 Å². The predicted octanol–water partition coefficient (Wildman–Crippen LogP) is 3.02. The topological polar surface area (TPSA) is 58.6 Å². The highest BCUT2D eigenvalue weighted by Gasteiger charge is 2.46. The molecular formula is C20H34N2O3. The van der Waals surface area contributed by atoms with Crippen molar-refractivity contribution in [2.45, 2.75) is 89.3 Å². The molecule has 2 amide bonds. The van der Waals surface area contributed by atoms with Gasteiger partial charge in [-0.3, -0.25) is 9.59 Å². The number of amides is 2. The quantitative estimate of drug-likeness (QED) is 0.829. The molecule has 0 aromatic carbocycles. The standard InChI is InChI=1S/C20H34N2O3/c1-19(2)14-22(15-20(25-19)11-5-6-12-20)18(24)13-21-17(23)10-9-16-7-3-4-8-16/h16H,3-15H2,1-2H3,(H,21,23). The fourth-order valence-electron chi connectivity index (χ4n) is 4.98. The van der Waals surface area contributed by atoms with Crippen LogP contribution in [0.5, 0.6) is 0 Å². The summed E-state index contributed by atoms with van der Waals surface area (Å²) >= 11 is 0. The molecule has 1 heterocycles. The first kappa shape index (κ1) is 18.7. The van der Waals surface area contributed by atoms with Gasteiger partial charge in [0.1, 0.15) is 0 Å². The first-order chi connectivity index (χ1) is 11.9. The fourth-order valence-corrected chi connectivity index (χ4v) is 4.98. The van der Waals surface area contributed by atoms with Gasteiger partial charge >= 0.3 is 0 Å². The zero-order valence-corrected chi connectivity index (χ0v) is 15.9. The molecule has 3 rings (SSSR count). The summed E-state index contributed by atoms with van der Waals surface area (Å²) in [5, 5.41) is 2.84. The molecule has 0 bridgehead atoms. The molecule has 0 aromatic heterocycles. The largest absolute Gasteiger partial charge is 0.365 e. The Hall–Kier alpha value is -1.10. The molecule has 1 N–H and O–H groups in total. The molecular weight excluding hydrogens is 316 g/mol. The summed E-state index contributed by atoms with van der Waals surface area (Å²) in [7, 11) is 0. The summed E-state index contributed by atoms with van der Waals surface area (Å²) in [5.41, 5.74) is -0.478. The molecule has 1 spiro atoms. The van der Waals surface area contributed by atoms with Gasteiger partial charge in [0, 0.05) is 19.5 Å². The Morgan fingerprint density at radius 3 is 2.44 bits per heavy atom. The molecule has 0 atom stereocenters. The van der Waals surface area contributed by atoms with Gasteiger partial charge < -0.3 is 15.0 Å². The van der Waals surface area contributed by atoms with Crippen molar-refractivity contribution in [3.63, 3.8) is 0 Å². The lowest BCUT2D eigenvalue weighted by Crippen LogP contribution is -2.61. The number of nitrogens with one attached hydrogen (secondary N) is 1. The van der Waals surface area contributed by atoms with Crippen LogP contribution in [-0.2, 0) is 14.3 Å². The van der Waals surface area contributed by atoms with E-state index in [0.717, 1.165) is 19.3 Å². The highest BCUT2D eigenvalue weighted by Crippen LogP contribution is 2.40. The number of carbonyl (C=O) groups excluding carboxylic acids is 2. The van der Waals surface area contributed by atoms with Crippen molar-refractivity contribution in [2.24, 2.45) is 5.92 Å². The second kappa shape index (κ2) is 7.65. The van der Waals surface area contributed by atoms with Crippen molar-refractivity contribution in [2.75, 3.05) is 19.6 Å². The summed E-state index contributed by atoms with van der Waals surface area (Å²) in [6.07, 6.45) is 11.1. The molecule has 0 radical (unpaired) electrons. The molecule has 0 unspecified atom stereocenters. The molecule has 0 aromatic rings. The van der Waals surface area contributed by atoms with Crippen LogP contribution >= 0.6 is 0 Å². The van der Waals surface area contributed by atoms with Gasteiger partial charge in [-0.25, -0.2) is 0 Å². The SMILES string of the molecule is CC1(C)CN(C(=O)CNC(=O)CCC2CCCC2)CC2(CCCC2)O1. The monoisotopic (exact) mass is 350 g/mol. The maximum Gasteiger partial charge on any atom is 0.242 e. The van der Waals surface area contributed by atoms with E-state index in [4.69, 9.17) is 4.74 Å². The smallest absolute Gasteiger partial charge is 0.242 e. The van der Waals surface area contributed by atoms with E-state index in [9.17, 15) is 9.59 Å². The third kappa shape index (κ3) is 4.96. The van der Waals surface area contributed by atoms with Crippen LogP contribution in [-0.4, -0.2) is 47.6 Å². The van der Waals surface area contributed by atoms with Crippen molar-refractivity contribution in [3.8, 4) is 0 Å². The Kier molecular flexibility index (Phi) is 5.71. The molecule has 3 aliphatic rings. The van der Waals surface area contributed by atoms with Gasteiger partial charge in [-0.2, -0.15) is 0 Å². The van der Waals surface area contributed by atoms with Crippen LogP contribution in [0.2, 0.25) is 0 Å². The Balaban J connectivity index is 1.45. The zero-order valence-electron chi connectivity index (χ0n) is 15.9. The number of ether oxygens (including phenoxy) is 1. The van der Waals surface area contributed by atoms with Crippen molar-refractivity contribution in [3.05, 3.63) is 0 Å². The third-order valence-electron chi connectivity index (χ3n) is 6.10. The third-order valence-corrected chi connectivity index (χ3v) is 6.10. The molecule has 3 fully saturated rings. The minimum absolute atomic E-state index is 0.0170. The minimum Gasteiger partial charge on any atom is -0.365 e. The summed E-state index contributed by atoms with van der Waals surface area (Å²) in [4.78, 5) is 26.6. The number of carbonyl (C=O) groups is 2. The Morgan fingerprint density at radius 1 is 1.08 bits per heavy atom. The van der Waals surface area contributed by atoms with Gasteiger partial charge in [0.25, 0.3) is 0 Å². The fraction of sp³-hybridized carbons (Fsp3) is 0.900. The number of nitrogens with zero attached hydrogens (tertiary/aromatic N) is 1. The first-order valence-corrected chi connectivity index (χ1v) is 10.1. The minimum atomic E-state index is -0.315. The van der Waals surface area contributed by atoms with Gasteiger partial charge in [-0.15, -0.1) is 0 Å². The Morgan fingerprint density at radius 2 is 1.76 bits per heavy atom. The molecule has 5 heteroatoms. The zero-order chi connectivity index (χ0) is 17.9. The summed E-state index contributed by atoms with van der Waals surface area (Å²) in [6.45, 7) is 5.52. The van der Waals surface area contributed by atoms with Crippen molar-refractivity contribution in [1.29, 1.82) is 0 Å². The van der Waals surface area contributed by atoms with Gasteiger partial charge in [0.2, 0.25) is 11.8 Å². The molecule has 2 saturated carbocycles. The highest BCUT2D eigenvalue weighted by molar-refractivity contribution is 5.84.